The van der Waals surface area contributed by atoms with Crippen molar-refractivity contribution in [1.82, 2.24) is 0 Å². The first kappa shape index (κ1) is 19.5. The van der Waals surface area contributed by atoms with E-state index in [-0.39, 0.29) is 17.3 Å². The Kier molecular flexibility index (Phi) is 5.40. The van der Waals surface area contributed by atoms with Crippen LogP contribution in [-0.2, 0) is 9.59 Å². The number of ketones is 1. The monoisotopic (exact) mass is 395 g/mol. The molecule has 0 radical (unpaired) electrons. The fraction of sp³-hybridized carbons (Fsp3) is 0.115. The Morgan fingerprint density at radius 1 is 1.03 bits per heavy atom. The molecule has 0 aromatic heterocycles. The highest BCUT2D eigenvalue weighted by Gasteiger charge is 2.34. The normalized spacial score (nSPS) is 18.2. The van der Waals surface area contributed by atoms with Crippen LogP contribution in [0.2, 0.25) is 0 Å². The lowest BCUT2D eigenvalue weighted by atomic mass is 9.78. The van der Waals surface area contributed by atoms with Gasteiger partial charge in [0.2, 0.25) is 0 Å². The molecule has 0 saturated heterocycles. The number of fused-ring (bicyclic) bond motifs is 1. The van der Waals surface area contributed by atoms with Crippen molar-refractivity contribution in [3.8, 4) is 5.75 Å². The highest BCUT2D eigenvalue weighted by molar-refractivity contribution is 6.34. The molecule has 0 bridgehead atoms. The van der Waals surface area contributed by atoms with Gasteiger partial charge in [0.25, 0.3) is 5.91 Å². The molecule has 4 heteroatoms. The van der Waals surface area contributed by atoms with Gasteiger partial charge in [0, 0.05) is 5.92 Å². The molecule has 4 nitrogen and oxygen atoms in total. The van der Waals surface area contributed by atoms with Crippen LogP contribution in [0.25, 0.3) is 11.6 Å². The molecule has 4 rings (SSSR count). The third-order valence-electron chi connectivity index (χ3n) is 5.16. The largest absolute Gasteiger partial charge is 0.497 e. The highest BCUT2D eigenvalue weighted by atomic mass is 16.5. The van der Waals surface area contributed by atoms with Crippen LogP contribution in [0.5, 0.6) is 5.75 Å². The molecule has 0 spiro atoms. The number of ether oxygens (including phenoxy) is 1. The standard InChI is InChI=1S/C26H21NO3/c1-17-8-14-22-21(16-17)24(19-6-4-3-5-7-19)25(26(29)27-22)23(28)15-11-18-9-12-20(30-2)13-10-18/h3-16,21H,1-2H3/b15-11+. The maximum absolute atomic E-state index is 13.1. The van der Waals surface area contributed by atoms with E-state index in [1.165, 1.54) is 6.08 Å². The predicted molar refractivity (Wildman–Crippen MR) is 119 cm³/mol. The van der Waals surface area contributed by atoms with E-state index in [1.807, 2.05) is 79.7 Å². The maximum atomic E-state index is 13.1. The van der Waals surface area contributed by atoms with Gasteiger partial charge in [0.1, 0.15) is 5.75 Å². The molecular formula is C26H21NO3. The van der Waals surface area contributed by atoms with Gasteiger partial charge >= 0.3 is 0 Å². The van der Waals surface area contributed by atoms with Crippen molar-refractivity contribution in [1.29, 1.82) is 0 Å². The zero-order chi connectivity index (χ0) is 21.1. The molecule has 2 aromatic rings. The number of aliphatic imine (C=N–C) groups is 1. The molecule has 2 aliphatic rings. The zero-order valence-corrected chi connectivity index (χ0v) is 16.8. The maximum Gasteiger partial charge on any atom is 0.281 e. The molecule has 2 aromatic carbocycles. The Morgan fingerprint density at radius 3 is 2.47 bits per heavy atom. The summed E-state index contributed by atoms with van der Waals surface area (Å²) in [5.74, 6) is -0.326. The van der Waals surface area contributed by atoms with Crippen LogP contribution in [0.3, 0.4) is 0 Å². The van der Waals surface area contributed by atoms with Crippen LogP contribution in [-0.4, -0.2) is 24.5 Å². The number of hydrogen-bond donors (Lipinski definition) is 0. The van der Waals surface area contributed by atoms with E-state index < -0.39 is 5.91 Å². The number of methoxy groups -OCH3 is 1. The summed E-state index contributed by atoms with van der Waals surface area (Å²) in [6, 6.07) is 16.9. The van der Waals surface area contributed by atoms with Gasteiger partial charge in [-0.15, -0.1) is 0 Å². The van der Waals surface area contributed by atoms with Crippen molar-refractivity contribution in [3.63, 3.8) is 0 Å². The second-order valence-electron chi connectivity index (χ2n) is 7.19. The Morgan fingerprint density at radius 2 is 1.77 bits per heavy atom. The second-order valence-corrected chi connectivity index (χ2v) is 7.19. The number of allylic oxidation sites excluding steroid dienone is 6. The molecule has 148 valence electrons. The molecule has 1 aliphatic heterocycles. The van der Waals surface area contributed by atoms with Crippen molar-refractivity contribution < 1.29 is 14.3 Å². The van der Waals surface area contributed by atoms with Gasteiger partial charge in [-0.25, -0.2) is 4.99 Å². The first-order valence-electron chi connectivity index (χ1n) is 9.72. The third-order valence-corrected chi connectivity index (χ3v) is 5.16. The second kappa shape index (κ2) is 8.29. The lowest BCUT2D eigenvalue weighted by molar-refractivity contribution is -0.118. The molecule has 1 aliphatic carbocycles. The lowest BCUT2D eigenvalue weighted by Gasteiger charge is -2.26. The van der Waals surface area contributed by atoms with Crippen molar-refractivity contribution >= 4 is 29.1 Å². The SMILES string of the molecule is COc1ccc(/C=C/C(=O)C2=C(c3ccccc3)C3C=C(C)C=CC3=NC2=O)cc1. The summed E-state index contributed by atoms with van der Waals surface area (Å²) < 4.78 is 5.16. The average Bonchev–Trinajstić information content (AvgIpc) is 2.78. The number of carbonyl (C=O) groups is 2. The number of dihydropyridines is 1. The average molecular weight is 395 g/mol. The number of benzene rings is 2. The molecule has 0 saturated carbocycles. The fourth-order valence-electron chi connectivity index (χ4n) is 3.66. The molecule has 1 unspecified atom stereocenters. The molecule has 1 amide bonds. The minimum absolute atomic E-state index is 0.124. The summed E-state index contributed by atoms with van der Waals surface area (Å²) in [5.41, 5.74) is 4.26. The quantitative estimate of drug-likeness (QED) is 0.537. The topological polar surface area (TPSA) is 55.7 Å². The highest BCUT2D eigenvalue weighted by Crippen LogP contribution is 2.36. The Hall–Kier alpha value is -3.79. The van der Waals surface area contributed by atoms with Gasteiger partial charge in [0.15, 0.2) is 5.78 Å². The summed E-state index contributed by atoms with van der Waals surface area (Å²) >= 11 is 0. The predicted octanol–water partition coefficient (Wildman–Crippen LogP) is 4.84. The van der Waals surface area contributed by atoms with E-state index >= 15 is 0 Å². The smallest absolute Gasteiger partial charge is 0.281 e. The summed E-state index contributed by atoms with van der Waals surface area (Å²) in [6.07, 6.45) is 8.98. The molecule has 0 N–H and O–H groups in total. The molecular weight excluding hydrogens is 374 g/mol. The minimum atomic E-state index is -0.498. The van der Waals surface area contributed by atoms with E-state index in [0.29, 0.717) is 11.3 Å². The molecule has 0 fully saturated rings. The summed E-state index contributed by atoms with van der Waals surface area (Å²) in [5, 5.41) is 0. The number of carbonyl (C=O) groups excluding carboxylic acids is 2. The lowest BCUT2D eigenvalue weighted by Crippen LogP contribution is -2.27. The minimum Gasteiger partial charge on any atom is -0.497 e. The first-order chi connectivity index (χ1) is 14.6. The van der Waals surface area contributed by atoms with E-state index in [2.05, 4.69) is 4.99 Å². The molecule has 30 heavy (non-hydrogen) atoms. The van der Waals surface area contributed by atoms with Gasteiger partial charge < -0.3 is 4.74 Å². The molecule has 1 atom stereocenters. The number of rotatable bonds is 5. The summed E-state index contributed by atoms with van der Waals surface area (Å²) in [7, 11) is 1.60. The Bertz CT molecular complexity index is 1150. The van der Waals surface area contributed by atoms with Crippen LogP contribution in [0.4, 0.5) is 0 Å². The van der Waals surface area contributed by atoms with Crippen molar-refractivity contribution in [2.24, 2.45) is 10.9 Å². The van der Waals surface area contributed by atoms with Gasteiger partial charge in [-0.2, -0.15) is 0 Å². The van der Waals surface area contributed by atoms with E-state index in [4.69, 9.17) is 4.74 Å². The van der Waals surface area contributed by atoms with Crippen LogP contribution in [0.15, 0.2) is 95.0 Å². The third kappa shape index (κ3) is 3.85. The van der Waals surface area contributed by atoms with Crippen molar-refractivity contribution in [2.45, 2.75) is 6.92 Å². The number of hydrogen-bond acceptors (Lipinski definition) is 3. The van der Waals surface area contributed by atoms with Gasteiger partial charge in [0.05, 0.1) is 18.4 Å². The first-order valence-corrected chi connectivity index (χ1v) is 9.72. The van der Waals surface area contributed by atoms with Crippen molar-refractivity contribution in [2.75, 3.05) is 7.11 Å². The van der Waals surface area contributed by atoms with E-state index in [0.717, 1.165) is 22.4 Å². The van der Waals surface area contributed by atoms with Crippen LogP contribution >= 0.6 is 0 Å². The van der Waals surface area contributed by atoms with E-state index in [1.54, 1.807) is 13.2 Å². The van der Waals surface area contributed by atoms with E-state index in [9.17, 15) is 9.59 Å². The summed E-state index contributed by atoms with van der Waals surface area (Å²) in [6.45, 7) is 2.00. The van der Waals surface area contributed by atoms with Gasteiger partial charge in [-0.1, -0.05) is 66.3 Å². The van der Waals surface area contributed by atoms with Crippen LogP contribution < -0.4 is 4.74 Å². The van der Waals surface area contributed by atoms with Crippen molar-refractivity contribution in [3.05, 3.63) is 101 Å². The Balaban J connectivity index is 1.77. The van der Waals surface area contributed by atoms with Crippen LogP contribution in [0.1, 0.15) is 18.1 Å². The number of amides is 1. The van der Waals surface area contributed by atoms with Gasteiger partial charge in [-0.3, -0.25) is 9.59 Å². The van der Waals surface area contributed by atoms with Gasteiger partial charge in [-0.05, 0) is 47.9 Å². The summed E-state index contributed by atoms with van der Waals surface area (Å²) in [4.78, 5) is 30.2. The zero-order valence-electron chi connectivity index (χ0n) is 16.8. The number of nitrogens with zero attached hydrogens (tertiary/aromatic N) is 1. The Labute approximate surface area is 175 Å². The molecule has 1 heterocycles. The van der Waals surface area contributed by atoms with Crippen LogP contribution in [0, 0.1) is 5.92 Å². The fourth-order valence-corrected chi connectivity index (χ4v) is 3.66.